The molecule has 0 aliphatic rings. The van der Waals surface area contributed by atoms with Gasteiger partial charge in [0.25, 0.3) is 0 Å². The second-order valence-electron chi connectivity index (χ2n) is 4.14. The fraction of sp³-hybridized carbons (Fsp3) is 0.545. The highest BCUT2D eigenvalue weighted by Gasteiger charge is 2.20. The van der Waals surface area contributed by atoms with Gasteiger partial charge in [-0.15, -0.1) is 0 Å². The topological polar surface area (TPSA) is 36.4 Å². The van der Waals surface area contributed by atoms with Gasteiger partial charge in [0.2, 0.25) is 0 Å². The Kier molecular flexibility index (Phi) is 3.63. The van der Waals surface area contributed by atoms with E-state index >= 15 is 0 Å². The molecule has 0 aromatic carbocycles. The summed E-state index contributed by atoms with van der Waals surface area (Å²) < 4.78 is 13.4. The first-order valence-electron chi connectivity index (χ1n) is 5.02. The molecule has 15 heavy (non-hydrogen) atoms. The van der Waals surface area contributed by atoms with Crippen molar-refractivity contribution < 1.29 is 9.50 Å². The minimum Gasteiger partial charge on any atom is -0.389 e. The summed E-state index contributed by atoms with van der Waals surface area (Å²) in [5.74, 6) is -0.0641. The Labute approximate surface area is 89.6 Å². The third-order valence-corrected chi connectivity index (χ3v) is 2.00. The molecule has 0 atom stereocenters. The maximum Gasteiger partial charge on any atom is 0.165 e. The van der Waals surface area contributed by atoms with Crippen molar-refractivity contribution in [2.45, 2.75) is 26.4 Å². The molecule has 0 aliphatic heterocycles. The highest BCUT2D eigenvalue weighted by molar-refractivity contribution is 5.39. The van der Waals surface area contributed by atoms with E-state index in [-0.39, 0.29) is 5.82 Å². The van der Waals surface area contributed by atoms with E-state index in [0.29, 0.717) is 18.9 Å². The van der Waals surface area contributed by atoms with E-state index in [1.807, 2.05) is 6.92 Å². The van der Waals surface area contributed by atoms with Crippen molar-refractivity contribution in [1.82, 2.24) is 4.98 Å². The van der Waals surface area contributed by atoms with Crippen LogP contribution in [0.4, 0.5) is 10.2 Å². The van der Waals surface area contributed by atoms with E-state index in [1.54, 1.807) is 31.0 Å². The van der Waals surface area contributed by atoms with E-state index in [4.69, 9.17) is 0 Å². The molecule has 0 saturated carbocycles. The fourth-order valence-corrected chi connectivity index (χ4v) is 1.41. The number of nitrogens with zero attached hydrogens (tertiary/aromatic N) is 2. The smallest absolute Gasteiger partial charge is 0.165 e. The minimum atomic E-state index is -0.861. The standard InChI is InChI=1S/C11H17FN2O/c1-4-14(8-11(2,3)15)10-9(12)6-5-7-13-10/h5-7,15H,4,8H2,1-3H3. The van der Waals surface area contributed by atoms with Crippen LogP contribution in [0.3, 0.4) is 0 Å². The number of halogens is 1. The lowest BCUT2D eigenvalue weighted by atomic mass is 10.1. The highest BCUT2D eigenvalue weighted by Crippen LogP contribution is 2.17. The number of aromatic nitrogens is 1. The highest BCUT2D eigenvalue weighted by atomic mass is 19.1. The van der Waals surface area contributed by atoms with Crippen LogP contribution in [-0.4, -0.2) is 28.8 Å². The molecule has 0 radical (unpaired) electrons. The van der Waals surface area contributed by atoms with Gasteiger partial charge in [-0.2, -0.15) is 0 Å². The van der Waals surface area contributed by atoms with Gasteiger partial charge in [0.15, 0.2) is 11.6 Å². The fourth-order valence-electron chi connectivity index (χ4n) is 1.41. The van der Waals surface area contributed by atoms with E-state index in [1.165, 1.54) is 6.07 Å². The minimum absolute atomic E-state index is 0.294. The van der Waals surface area contributed by atoms with Gasteiger partial charge in [-0.3, -0.25) is 0 Å². The van der Waals surface area contributed by atoms with Crippen LogP contribution in [0.5, 0.6) is 0 Å². The summed E-state index contributed by atoms with van der Waals surface area (Å²) in [5, 5.41) is 9.68. The first-order chi connectivity index (χ1) is 6.94. The number of rotatable bonds is 4. The molecule has 0 fully saturated rings. The lowest BCUT2D eigenvalue weighted by Crippen LogP contribution is -2.39. The normalized spacial score (nSPS) is 11.5. The number of likely N-dealkylation sites (N-methyl/N-ethyl adjacent to an activating group) is 1. The summed E-state index contributed by atoms with van der Waals surface area (Å²) in [5.41, 5.74) is -0.861. The lowest BCUT2D eigenvalue weighted by Gasteiger charge is -2.29. The zero-order chi connectivity index (χ0) is 11.5. The molecule has 1 N–H and O–H groups in total. The van der Waals surface area contributed by atoms with Crippen LogP contribution in [0.15, 0.2) is 18.3 Å². The molecule has 0 bridgehead atoms. The predicted octanol–water partition coefficient (Wildman–Crippen LogP) is 1.82. The predicted molar refractivity (Wildman–Crippen MR) is 58.4 cm³/mol. The van der Waals surface area contributed by atoms with Crippen molar-refractivity contribution >= 4 is 5.82 Å². The van der Waals surface area contributed by atoms with E-state index in [0.717, 1.165) is 0 Å². The van der Waals surface area contributed by atoms with Crippen LogP contribution in [0.1, 0.15) is 20.8 Å². The van der Waals surface area contributed by atoms with E-state index in [2.05, 4.69) is 4.98 Å². The van der Waals surface area contributed by atoms with Crippen LogP contribution in [0, 0.1) is 5.82 Å². The summed E-state index contributed by atoms with van der Waals surface area (Å²) >= 11 is 0. The first-order valence-corrected chi connectivity index (χ1v) is 5.02. The van der Waals surface area contributed by atoms with Crippen molar-refractivity contribution in [2.24, 2.45) is 0 Å². The Morgan fingerprint density at radius 1 is 1.53 bits per heavy atom. The largest absolute Gasteiger partial charge is 0.389 e. The van der Waals surface area contributed by atoms with Crippen molar-refractivity contribution in [3.05, 3.63) is 24.1 Å². The molecule has 1 aromatic rings. The molecule has 1 heterocycles. The van der Waals surface area contributed by atoms with Gasteiger partial charge in [-0.1, -0.05) is 0 Å². The molecule has 0 unspecified atom stereocenters. The Hall–Kier alpha value is -1.16. The van der Waals surface area contributed by atoms with Crippen LogP contribution in [-0.2, 0) is 0 Å². The zero-order valence-corrected chi connectivity index (χ0v) is 9.37. The summed E-state index contributed by atoms with van der Waals surface area (Å²) in [4.78, 5) is 5.69. The molecule has 1 aromatic heterocycles. The second-order valence-corrected chi connectivity index (χ2v) is 4.14. The Bertz CT molecular complexity index is 323. The average Bonchev–Trinajstić information content (AvgIpc) is 2.14. The SMILES string of the molecule is CCN(CC(C)(C)O)c1ncccc1F. The van der Waals surface area contributed by atoms with Gasteiger partial charge >= 0.3 is 0 Å². The molecular weight excluding hydrogens is 195 g/mol. The molecule has 0 aliphatic carbocycles. The molecule has 4 heteroatoms. The Morgan fingerprint density at radius 2 is 2.20 bits per heavy atom. The van der Waals surface area contributed by atoms with Crippen molar-refractivity contribution in [3.8, 4) is 0 Å². The summed E-state index contributed by atoms with van der Waals surface area (Å²) in [6.07, 6.45) is 1.55. The monoisotopic (exact) mass is 212 g/mol. The van der Waals surface area contributed by atoms with Crippen molar-refractivity contribution in [2.75, 3.05) is 18.0 Å². The van der Waals surface area contributed by atoms with E-state index in [9.17, 15) is 9.50 Å². The summed E-state index contributed by atoms with van der Waals surface area (Å²) in [6.45, 7) is 6.25. The van der Waals surface area contributed by atoms with Crippen molar-refractivity contribution in [3.63, 3.8) is 0 Å². The second kappa shape index (κ2) is 4.57. The van der Waals surface area contributed by atoms with Crippen LogP contribution in [0.25, 0.3) is 0 Å². The van der Waals surface area contributed by atoms with Gasteiger partial charge in [0, 0.05) is 19.3 Å². The number of aliphatic hydroxyl groups is 1. The summed E-state index contributed by atoms with van der Waals surface area (Å²) in [7, 11) is 0. The Balaban J connectivity index is 2.88. The number of anilines is 1. The quantitative estimate of drug-likeness (QED) is 0.827. The first kappa shape index (κ1) is 11.9. The summed E-state index contributed by atoms with van der Waals surface area (Å²) in [6, 6.07) is 2.92. The Morgan fingerprint density at radius 3 is 2.67 bits per heavy atom. The maximum absolute atomic E-state index is 13.4. The molecule has 0 amide bonds. The van der Waals surface area contributed by atoms with Gasteiger partial charge < -0.3 is 10.0 Å². The third kappa shape index (κ3) is 3.47. The maximum atomic E-state index is 13.4. The van der Waals surface area contributed by atoms with Gasteiger partial charge in [0.1, 0.15) is 0 Å². The molecule has 84 valence electrons. The third-order valence-electron chi connectivity index (χ3n) is 2.00. The zero-order valence-electron chi connectivity index (χ0n) is 9.37. The molecule has 3 nitrogen and oxygen atoms in total. The van der Waals surface area contributed by atoms with E-state index < -0.39 is 5.60 Å². The van der Waals surface area contributed by atoms with Crippen LogP contribution >= 0.6 is 0 Å². The van der Waals surface area contributed by atoms with Crippen LogP contribution < -0.4 is 4.90 Å². The van der Waals surface area contributed by atoms with Crippen LogP contribution in [0.2, 0.25) is 0 Å². The number of hydrogen-bond donors (Lipinski definition) is 1. The lowest BCUT2D eigenvalue weighted by molar-refractivity contribution is 0.0872. The molecule has 0 spiro atoms. The van der Waals surface area contributed by atoms with Gasteiger partial charge in [-0.25, -0.2) is 9.37 Å². The number of hydrogen-bond acceptors (Lipinski definition) is 3. The van der Waals surface area contributed by atoms with Gasteiger partial charge in [-0.05, 0) is 32.9 Å². The molecule has 0 saturated heterocycles. The van der Waals surface area contributed by atoms with Gasteiger partial charge in [0.05, 0.1) is 5.60 Å². The number of pyridine rings is 1. The average molecular weight is 212 g/mol. The van der Waals surface area contributed by atoms with Crippen molar-refractivity contribution in [1.29, 1.82) is 0 Å². The molecule has 1 rings (SSSR count). The molecular formula is C11H17FN2O.